The molecule has 3 aliphatic rings. The quantitative estimate of drug-likeness (QED) is 0.0361. The van der Waals surface area contributed by atoms with E-state index in [9.17, 15) is 52.6 Å². The molecule has 0 bridgehead atoms. The van der Waals surface area contributed by atoms with Crippen LogP contribution in [0, 0.1) is 35.1 Å². The van der Waals surface area contributed by atoms with Gasteiger partial charge in [0.25, 0.3) is 5.91 Å². The van der Waals surface area contributed by atoms with Crippen molar-refractivity contribution in [3.8, 4) is 5.75 Å². The zero-order valence-electron chi connectivity index (χ0n) is 72.9. The minimum atomic E-state index is -1.94. The molecule has 6 aromatic rings. The van der Waals surface area contributed by atoms with Crippen molar-refractivity contribution in [3.63, 3.8) is 0 Å². The van der Waals surface area contributed by atoms with Crippen LogP contribution in [0.25, 0.3) is 10.9 Å². The summed E-state index contributed by atoms with van der Waals surface area (Å²) in [5.41, 5.74) is 7.20. The number of aromatic amines is 1. The molecule has 9 rings (SSSR count). The van der Waals surface area contributed by atoms with Gasteiger partial charge in [0.1, 0.15) is 84.1 Å². The number of carbonyl (C=O) groups is 16. The van der Waals surface area contributed by atoms with Gasteiger partial charge in [-0.3, -0.25) is 77.2 Å². The number of imide groups is 1. The number of para-hydroxylation sites is 1. The molecule has 3 saturated heterocycles. The van der Waals surface area contributed by atoms with Crippen molar-refractivity contribution in [2.24, 2.45) is 17.6 Å². The molecule has 3 fully saturated rings. The molecule has 0 saturated carbocycles. The lowest BCUT2D eigenvalue weighted by Crippen LogP contribution is -2.63. The van der Waals surface area contributed by atoms with Crippen LogP contribution in [0.5, 0.6) is 5.75 Å². The van der Waals surface area contributed by atoms with Crippen LogP contribution in [0.15, 0.2) is 121 Å². The van der Waals surface area contributed by atoms with Gasteiger partial charge in [0.15, 0.2) is 17.5 Å². The van der Waals surface area contributed by atoms with Crippen LogP contribution in [0.1, 0.15) is 127 Å². The first-order chi connectivity index (χ1) is 61.3. The van der Waals surface area contributed by atoms with E-state index in [1.54, 1.807) is 95.4 Å². The van der Waals surface area contributed by atoms with Crippen LogP contribution in [-0.2, 0) is 104 Å². The second-order valence-electron chi connectivity index (χ2n) is 33.3. The fourth-order valence-electron chi connectivity index (χ4n) is 16.0. The number of benzene rings is 5. The van der Waals surface area contributed by atoms with Gasteiger partial charge >= 0.3 is 12.0 Å². The van der Waals surface area contributed by atoms with Crippen molar-refractivity contribution in [1.82, 2.24) is 77.3 Å². The van der Waals surface area contributed by atoms with Crippen molar-refractivity contribution in [1.29, 1.82) is 0 Å². The number of thioether (sulfide) groups is 1. The highest BCUT2D eigenvalue weighted by molar-refractivity contribution is 8.00. The summed E-state index contributed by atoms with van der Waals surface area (Å²) in [4.78, 5) is 244. The summed E-state index contributed by atoms with van der Waals surface area (Å²) >= 11 is 0.654. The number of fused-ring (bicyclic) bond motifs is 3. The number of rotatable bonds is 21. The molecule has 129 heavy (non-hydrogen) atoms. The molecule has 0 radical (unpaired) electrons. The number of carbonyl (C=O) groups excluding carboxylic acids is 15. The fourth-order valence-corrected chi connectivity index (χ4v) is 16.8. The third kappa shape index (κ3) is 27.5. The lowest BCUT2D eigenvalue weighted by molar-refractivity contribution is -0.152. The Morgan fingerprint density at radius 2 is 1.09 bits per heavy atom. The van der Waals surface area contributed by atoms with Gasteiger partial charge in [-0.15, -0.1) is 11.8 Å². The molecule has 5 aromatic carbocycles. The maximum Gasteiger partial charge on any atom is 0.322 e. The normalized spacial score (nSPS) is 23.4. The topological polar surface area (TPSA) is 480 Å². The minimum Gasteiger partial charge on any atom is -0.508 e. The number of aromatic nitrogens is 1. The molecule has 694 valence electrons. The number of phenolic OH excluding ortho intramolecular Hbond substituents is 1. The first-order valence-corrected chi connectivity index (χ1v) is 43.9. The van der Waals surface area contributed by atoms with Gasteiger partial charge in [0.05, 0.1) is 18.7 Å². The Bertz CT molecular complexity index is 5050. The van der Waals surface area contributed by atoms with Crippen molar-refractivity contribution in [2.75, 3.05) is 52.3 Å². The van der Waals surface area contributed by atoms with Crippen LogP contribution in [0.3, 0.4) is 0 Å². The predicted molar refractivity (Wildman–Crippen MR) is 465 cm³/mol. The molecule has 3 aliphatic heterocycles. The lowest BCUT2D eigenvalue weighted by atomic mass is 9.97. The van der Waals surface area contributed by atoms with Crippen LogP contribution in [0.2, 0.25) is 0 Å². The Morgan fingerprint density at radius 1 is 0.543 bits per heavy atom. The number of carboxylic acid groups (broad SMARTS) is 1. The van der Waals surface area contributed by atoms with E-state index in [2.05, 4.69) is 52.8 Å². The molecular formula is C90H112F4N16O18S. The number of aliphatic carboxylic acids is 1. The Morgan fingerprint density at radius 3 is 1.74 bits per heavy atom. The van der Waals surface area contributed by atoms with Crippen molar-refractivity contribution in [2.45, 2.75) is 203 Å². The summed E-state index contributed by atoms with van der Waals surface area (Å²) < 4.78 is 59.6. The lowest BCUT2D eigenvalue weighted by Gasteiger charge is -2.38. The van der Waals surface area contributed by atoms with E-state index in [1.165, 1.54) is 55.4 Å². The van der Waals surface area contributed by atoms with E-state index < -0.39 is 240 Å². The molecular weight excluding hydrogens is 1700 g/mol. The molecule has 12 atom stereocenters. The van der Waals surface area contributed by atoms with E-state index in [1.807, 2.05) is 0 Å². The van der Waals surface area contributed by atoms with E-state index in [4.69, 9.17) is 5.73 Å². The summed E-state index contributed by atoms with van der Waals surface area (Å²) in [7, 11) is 3.64. The highest BCUT2D eigenvalue weighted by atomic mass is 32.2. The number of likely N-dealkylation sites (N-methyl/N-ethyl adjacent to an activating group) is 3. The third-order valence-corrected chi connectivity index (χ3v) is 24.0. The zero-order valence-corrected chi connectivity index (χ0v) is 73.7. The fraction of sp³-hybridized carbons (Fsp3) is 0.467. The van der Waals surface area contributed by atoms with Crippen LogP contribution in [0.4, 0.5) is 22.4 Å². The SMILES string of the molecule is CCCC[C@H]1C(=O)N2CCC[C@@H]2C(=O)NC(=O)N[C@@H](C(C)C)C(=O)N(C)[C@@H](Cc2ccccc2)C(=O)N[C@@H](CC(=O)O)C(=O)N2CCCC[C@@H]2C(=O)N[C@@H](Cc2c[nH]c3ccccc23)C(=O)N[C@@H](Cc2ccc(O)cc2)C(=O)N[C@@H](CC(C)C)C(=O)N[C@H](C(=O)NCC(N)=O)CSCC(=O)N[C@@H](Cc2cc(F)c(F)c(F)c2)C(=O)N(C)[C@@H](Cc2ccc(F)cc2)C(=O)N1C. The minimum absolute atomic E-state index is 0.0245. The van der Waals surface area contributed by atoms with Gasteiger partial charge in [-0.05, 0) is 127 Å². The number of carboxylic acids is 1. The molecule has 14 N–H and O–H groups in total. The number of amides is 16. The number of aromatic hydroxyl groups is 1. The van der Waals surface area contributed by atoms with Gasteiger partial charge in [-0.1, -0.05) is 120 Å². The summed E-state index contributed by atoms with van der Waals surface area (Å²) in [6, 6.07) is 5.83. The number of nitrogens with one attached hydrogen (secondary N) is 10. The number of nitrogens with zero attached hydrogens (tertiary/aromatic N) is 5. The van der Waals surface area contributed by atoms with Gasteiger partial charge in [0, 0.05) is 89.2 Å². The van der Waals surface area contributed by atoms with Crippen LogP contribution >= 0.6 is 11.8 Å². The second kappa shape index (κ2) is 46.7. The van der Waals surface area contributed by atoms with E-state index in [-0.39, 0.29) is 94.2 Å². The number of piperidine rings is 1. The predicted octanol–water partition coefficient (Wildman–Crippen LogP) is 3.61. The largest absolute Gasteiger partial charge is 0.508 e. The second-order valence-corrected chi connectivity index (χ2v) is 34.4. The number of nitrogens with two attached hydrogens (primary N) is 1. The van der Waals surface area contributed by atoms with E-state index >= 15 is 51.9 Å². The maximum atomic E-state index is 15.6. The highest BCUT2D eigenvalue weighted by Crippen LogP contribution is 2.28. The third-order valence-electron chi connectivity index (χ3n) is 22.9. The van der Waals surface area contributed by atoms with Gasteiger partial charge in [0.2, 0.25) is 76.8 Å². The molecule has 4 heterocycles. The number of phenols is 1. The summed E-state index contributed by atoms with van der Waals surface area (Å²) in [5.74, 6) is -24.2. The number of halogens is 4. The Balaban J connectivity index is 1.13. The molecule has 0 spiro atoms. The number of unbranched alkanes of at least 4 members (excludes halogenated alkanes) is 1. The van der Waals surface area contributed by atoms with Crippen molar-refractivity contribution < 1.29 is 104 Å². The average molecular weight is 1810 g/mol. The standard InChI is InChI=1S/C90H112F4N16O18S/c1-9-10-23-70-88(126)110-35-18-25-69(110)83(121)105-90(128)104-77(50(4)5)89(127)107(7)71(41-51-19-12-11-13-20-51)84(122)102-66(44-75(114)115)86(124)109-34-17-16-24-68(109)82(120)101-64(43-55-45-96-61-22-15-14-21-58(55)61)81(119)100-63(39-52-28-32-57(111)33-29-52)80(118)99-62(36-49(2)3)79(117)103-67(78(116)97-46-73(95)112)47-129-48-74(113)98-65(40-54-37-59(92)76(94)60(93)38-54)85(123)108(8)72(87(125)106(70)6)42-53-26-30-56(91)31-27-53/h11-15,19-22,26-33,37-38,45,49-50,62-72,77,96,111H,9-10,16-18,23-25,34-36,39-44,46-48H2,1-8H3,(H2,95,112)(H,97,116)(H,98,113)(H,99,118)(H,100,119)(H,101,120)(H,102,122)(H,103,117)(H,114,115)(H2,104,105,121,128)/t62-,63-,64-,65-,66-,67-,68+,69+,70-,71-,72-,77-/m0/s1. The number of H-pyrrole nitrogens is 1. The molecule has 0 unspecified atom stereocenters. The number of urea groups is 1. The van der Waals surface area contributed by atoms with Crippen LogP contribution in [-0.4, -0.2) is 259 Å². The Labute approximate surface area is 747 Å². The summed E-state index contributed by atoms with van der Waals surface area (Å²) in [6.07, 6.45) is -0.446. The van der Waals surface area contributed by atoms with Gasteiger partial charge in [-0.25, -0.2) is 22.4 Å². The zero-order chi connectivity index (χ0) is 94.2. The van der Waals surface area contributed by atoms with Gasteiger partial charge < -0.3 is 88.0 Å². The monoisotopic (exact) mass is 1810 g/mol. The summed E-state index contributed by atoms with van der Waals surface area (Å²) in [6.45, 7) is 7.23. The Kier molecular flexibility index (Phi) is 36.1. The number of hydrogen-bond acceptors (Lipinski definition) is 18. The van der Waals surface area contributed by atoms with E-state index in [0.717, 1.165) is 38.8 Å². The summed E-state index contributed by atoms with van der Waals surface area (Å²) in [5, 5.41) is 44.5. The van der Waals surface area contributed by atoms with Gasteiger partial charge in [-0.2, -0.15) is 0 Å². The van der Waals surface area contributed by atoms with E-state index in [0.29, 0.717) is 64.3 Å². The highest BCUT2D eigenvalue weighted by Gasteiger charge is 2.46. The molecule has 16 amide bonds. The maximum absolute atomic E-state index is 15.6. The van der Waals surface area contributed by atoms with Crippen molar-refractivity contribution >= 4 is 117 Å². The first kappa shape index (κ1) is 99.8. The first-order valence-electron chi connectivity index (χ1n) is 42.7. The Hall–Kier alpha value is -13.0. The molecule has 39 heteroatoms. The molecule has 34 nitrogen and oxygen atoms in total. The molecule has 0 aliphatic carbocycles. The smallest absolute Gasteiger partial charge is 0.322 e. The van der Waals surface area contributed by atoms with Crippen LogP contribution < -0.4 is 53.6 Å². The average Bonchev–Trinajstić information content (AvgIpc) is 1.79. The number of hydrogen-bond donors (Lipinski definition) is 13. The number of primary amides is 1. The molecule has 1 aromatic heterocycles. The van der Waals surface area contributed by atoms with Crippen molar-refractivity contribution in [3.05, 3.63) is 173 Å².